The first-order valence-corrected chi connectivity index (χ1v) is 11.2. The van der Waals surface area contributed by atoms with Crippen molar-refractivity contribution in [2.45, 2.75) is 26.8 Å². The number of hydrogen-bond donors (Lipinski definition) is 1. The van der Waals surface area contributed by atoms with Crippen molar-refractivity contribution < 1.29 is 9.21 Å². The van der Waals surface area contributed by atoms with Crippen LogP contribution in [0.3, 0.4) is 0 Å². The van der Waals surface area contributed by atoms with Gasteiger partial charge in [-0.15, -0.1) is 11.3 Å². The molecule has 0 bridgehead atoms. The van der Waals surface area contributed by atoms with Gasteiger partial charge in [0.15, 0.2) is 5.13 Å². The molecule has 1 N–H and O–H groups in total. The lowest BCUT2D eigenvalue weighted by Gasteiger charge is -2.21. The van der Waals surface area contributed by atoms with Gasteiger partial charge < -0.3 is 19.2 Å². The third-order valence-corrected chi connectivity index (χ3v) is 6.57. The van der Waals surface area contributed by atoms with Crippen molar-refractivity contribution in [1.29, 1.82) is 5.26 Å². The molecule has 0 spiro atoms. The summed E-state index contributed by atoms with van der Waals surface area (Å²) in [5.41, 5.74) is 2.32. The summed E-state index contributed by atoms with van der Waals surface area (Å²) in [5, 5.41) is 15.7. The number of anilines is 2. The Hall–Kier alpha value is -3.09. The molecule has 1 aliphatic heterocycles. The van der Waals surface area contributed by atoms with Crippen LogP contribution in [0.5, 0.6) is 0 Å². The summed E-state index contributed by atoms with van der Waals surface area (Å²) in [6.07, 6.45) is 4.42. The number of carbonyl (C=O) groups is 1. The molecular weight excluding hydrogens is 412 g/mol. The van der Waals surface area contributed by atoms with Crippen molar-refractivity contribution >= 4 is 28.2 Å². The summed E-state index contributed by atoms with van der Waals surface area (Å²) in [7, 11) is 0. The SMILES string of the molecule is Cc1c(C#N)c(NC(=O)CN2CCCN(c3nccs3)CC2)n(Cc2ccco2)c1C. The van der Waals surface area contributed by atoms with E-state index in [1.54, 1.807) is 17.6 Å². The molecule has 4 rings (SSSR count). The quantitative estimate of drug-likeness (QED) is 0.636. The van der Waals surface area contributed by atoms with E-state index in [1.807, 2.05) is 42.1 Å². The van der Waals surface area contributed by atoms with Crippen LogP contribution < -0.4 is 10.2 Å². The lowest BCUT2D eigenvalue weighted by molar-refractivity contribution is -0.117. The number of hydrogen-bond acceptors (Lipinski definition) is 7. The summed E-state index contributed by atoms with van der Waals surface area (Å²) in [4.78, 5) is 21.8. The van der Waals surface area contributed by atoms with Crippen LogP contribution >= 0.6 is 11.3 Å². The van der Waals surface area contributed by atoms with Crippen molar-refractivity contribution in [2.75, 3.05) is 42.9 Å². The van der Waals surface area contributed by atoms with Crippen LogP contribution in [0.4, 0.5) is 10.9 Å². The van der Waals surface area contributed by atoms with Gasteiger partial charge in [-0.25, -0.2) is 4.98 Å². The van der Waals surface area contributed by atoms with E-state index in [-0.39, 0.29) is 5.91 Å². The molecule has 4 heterocycles. The molecule has 0 saturated carbocycles. The zero-order valence-corrected chi connectivity index (χ0v) is 18.6. The number of nitrogens with zero attached hydrogens (tertiary/aromatic N) is 5. The maximum absolute atomic E-state index is 12.9. The summed E-state index contributed by atoms with van der Waals surface area (Å²) in [6.45, 7) is 8.05. The first-order chi connectivity index (χ1) is 15.1. The minimum Gasteiger partial charge on any atom is -0.467 e. The Bertz CT molecular complexity index is 1060. The molecular formula is C22H26N6O2S. The predicted octanol–water partition coefficient (Wildman–Crippen LogP) is 3.23. The Morgan fingerprint density at radius 2 is 2.19 bits per heavy atom. The highest BCUT2D eigenvalue weighted by Crippen LogP contribution is 2.27. The topological polar surface area (TPSA) is 90.3 Å². The molecule has 0 aromatic carbocycles. The monoisotopic (exact) mass is 438 g/mol. The van der Waals surface area contributed by atoms with Crippen molar-refractivity contribution in [2.24, 2.45) is 0 Å². The zero-order valence-electron chi connectivity index (χ0n) is 17.8. The van der Waals surface area contributed by atoms with Crippen LogP contribution in [0.15, 0.2) is 34.4 Å². The largest absolute Gasteiger partial charge is 0.467 e. The molecule has 1 aliphatic rings. The minimum absolute atomic E-state index is 0.114. The second-order valence-corrected chi connectivity index (χ2v) is 8.56. The summed E-state index contributed by atoms with van der Waals surface area (Å²) in [5.74, 6) is 1.20. The van der Waals surface area contributed by atoms with Gasteiger partial charge in [0.2, 0.25) is 5.91 Å². The first-order valence-electron chi connectivity index (χ1n) is 10.4. The summed E-state index contributed by atoms with van der Waals surface area (Å²) >= 11 is 1.64. The van der Waals surface area contributed by atoms with Crippen molar-refractivity contribution in [3.8, 4) is 6.07 Å². The van der Waals surface area contributed by atoms with Gasteiger partial charge in [-0.05, 0) is 38.0 Å². The molecule has 0 aliphatic carbocycles. The van der Waals surface area contributed by atoms with E-state index in [0.717, 1.165) is 54.7 Å². The number of nitriles is 1. The average molecular weight is 439 g/mol. The van der Waals surface area contributed by atoms with Gasteiger partial charge in [0.25, 0.3) is 0 Å². The van der Waals surface area contributed by atoms with Crippen molar-refractivity contribution in [1.82, 2.24) is 14.5 Å². The van der Waals surface area contributed by atoms with Crippen LogP contribution in [-0.2, 0) is 11.3 Å². The van der Waals surface area contributed by atoms with E-state index >= 15 is 0 Å². The Morgan fingerprint density at radius 1 is 1.32 bits per heavy atom. The molecule has 0 atom stereocenters. The molecule has 31 heavy (non-hydrogen) atoms. The van der Waals surface area contributed by atoms with E-state index < -0.39 is 0 Å². The molecule has 1 amide bonds. The molecule has 3 aromatic heterocycles. The standard InChI is InChI=1S/C22H26N6O2S/c1-16-17(2)28(14-18-5-3-11-30-18)21(19(16)13-23)25-20(29)15-26-7-4-8-27(10-9-26)22-24-6-12-31-22/h3,5-6,11-12H,4,7-10,14-15H2,1-2H3,(H,25,29). The van der Waals surface area contributed by atoms with E-state index in [2.05, 4.69) is 26.2 Å². The van der Waals surface area contributed by atoms with E-state index in [4.69, 9.17) is 4.42 Å². The molecule has 3 aromatic rings. The van der Waals surface area contributed by atoms with E-state index in [0.29, 0.717) is 24.5 Å². The Morgan fingerprint density at radius 3 is 2.90 bits per heavy atom. The fraction of sp³-hybridized carbons (Fsp3) is 0.409. The smallest absolute Gasteiger partial charge is 0.239 e. The number of nitrogens with one attached hydrogen (secondary N) is 1. The van der Waals surface area contributed by atoms with Crippen LogP contribution in [0.25, 0.3) is 0 Å². The van der Waals surface area contributed by atoms with E-state index in [1.165, 1.54) is 0 Å². The minimum atomic E-state index is -0.114. The van der Waals surface area contributed by atoms with E-state index in [9.17, 15) is 10.1 Å². The molecule has 0 radical (unpaired) electrons. The number of rotatable bonds is 6. The van der Waals surface area contributed by atoms with Crippen molar-refractivity contribution in [3.63, 3.8) is 0 Å². The Balaban J connectivity index is 1.44. The fourth-order valence-corrected chi connectivity index (χ4v) is 4.65. The molecule has 1 saturated heterocycles. The van der Waals surface area contributed by atoms with Gasteiger partial charge in [-0.3, -0.25) is 9.69 Å². The van der Waals surface area contributed by atoms with Gasteiger partial charge in [0, 0.05) is 43.4 Å². The maximum Gasteiger partial charge on any atom is 0.239 e. The van der Waals surface area contributed by atoms with Gasteiger partial charge >= 0.3 is 0 Å². The molecule has 0 unspecified atom stereocenters. The highest BCUT2D eigenvalue weighted by Gasteiger charge is 2.23. The lowest BCUT2D eigenvalue weighted by Crippen LogP contribution is -2.36. The predicted molar refractivity (Wildman–Crippen MR) is 120 cm³/mol. The highest BCUT2D eigenvalue weighted by molar-refractivity contribution is 7.13. The molecule has 162 valence electrons. The second-order valence-electron chi connectivity index (χ2n) is 7.69. The van der Waals surface area contributed by atoms with Gasteiger partial charge in [0.05, 0.1) is 24.9 Å². The second kappa shape index (κ2) is 9.37. The molecule has 8 nitrogen and oxygen atoms in total. The average Bonchev–Trinajstić information content (AvgIpc) is 3.47. The lowest BCUT2D eigenvalue weighted by atomic mass is 10.2. The molecule has 1 fully saturated rings. The maximum atomic E-state index is 12.9. The number of aromatic nitrogens is 2. The number of carbonyl (C=O) groups excluding carboxylic acids is 1. The zero-order chi connectivity index (χ0) is 21.8. The summed E-state index contributed by atoms with van der Waals surface area (Å²) < 4.78 is 7.42. The third kappa shape index (κ3) is 4.65. The van der Waals surface area contributed by atoms with Gasteiger partial charge in [-0.2, -0.15) is 5.26 Å². The van der Waals surface area contributed by atoms with Crippen molar-refractivity contribution in [3.05, 3.63) is 52.6 Å². The Kier molecular flexibility index (Phi) is 6.39. The Labute approximate surface area is 185 Å². The van der Waals surface area contributed by atoms with Gasteiger partial charge in [0.1, 0.15) is 17.6 Å². The van der Waals surface area contributed by atoms with Crippen LogP contribution in [0.1, 0.15) is 29.0 Å². The number of furan rings is 1. The fourth-order valence-electron chi connectivity index (χ4n) is 3.95. The van der Waals surface area contributed by atoms with Gasteiger partial charge in [-0.1, -0.05) is 0 Å². The number of thiazole rings is 1. The number of amides is 1. The first kappa shape index (κ1) is 21.2. The normalized spacial score (nSPS) is 14.9. The van der Waals surface area contributed by atoms with Crippen LogP contribution in [0, 0.1) is 25.2 Å². The van der Waals surface area contributed by atoms with Crippen LogP contribution in [0.2, 0.25) is 0 Å². The summed E-state index contributed by atoms with van der Waals surface area (Å²) in [6, 6.07) is 5.97. The van der Waals surface area contributed by atoms with Crippen LogP contribution in [-0.4, -0.2) is 53.1 Å². The third-order valence-electron chi connectivity index (χ3n) is 5.74. The molecule has 9 heteroatoms. The highest BCUT2D eigenvalue weighted by atomic mass is 32.1.